The van der Waals surface area contributed by atoms with Crippen molar-refractivity contribution in [2.75, 3.05) is 11.9 Å². The molecule has 0 aliphatic heterocycles. The second-order valence-electron chi connectivity index (χ2n) is 7.86. The molecule has 0 saturated heterocycles. The van der Waals surface area contributed by atoms with E-state index in [-0.39, 0.29) is 22.5 Å². The molecule has 5 aromatic rings. The van der Waals surface area contributed by atoms with Crippen molar-refractivity contribution in [3.05, 3.63) is 70.7 Å². The minimum Gasteiger partial charge on any atom is -0.457 e. The molecule has 5 rings (SSSR count). The number of rotatable bonds is 6. The number of anilines is 2. The van der Waals surface area contributed by atoms with E-state index in [1.807, 2.05) is 0 Å². The van der Waals surface area contributed by atoms with Crippen LogP contribution in [0.25, 0.3) is 21.9 Å². The average Bonchev–Trinajstić information content (AvgIpc) is 3.43. The average molecular weight is 575 g/mol. The first-order chi connectivity index (χ1) is 17.7. The Kier molecular flexibility index (Phi) is 6.42. The molecule has 0 fully saturated rings. The molecule has 0 bridgehead atoms. The first kappa shape index (κ1) is 24.5. The smallest absolute Gasteiger partial charge is 0.457 e. The van der Waals surface area contributed by atoms with Crippen molar-refractivity contribution in [1.82, 2.24) is 15.0 Å². The summed E-state index contributed by atoms with van der Waals surface area (Å²) in [5, 5.41) is 3.82. The summed E-state index contributed by atoms with van der Waals surface area (Å²) < 4.78 is 55.3. The lowest BCUT2D eigenvalue weighted by Crippen LogP contribution is -2.09. The van der Waals surface area contributed by atoms with E-state index in [2.05, 4.69) is 36.2 Å². The van der Waals surface area contributed by atoms with E-state index in [4.69, 9.17) is 14.2 Å². The summed E-state index contributed by atoms with van der Waals surface area (Å²) in [6.07, 6.45) is -5.25. The molecule has 2 aromatic heterocycles. The summed E-state index contributed by atoms with van der Waals surface area (Å²) >= 11 is 3.16. The number of benzene rings is 3. The standard InChI is InChI=1S/C25H18BrF3N4O4/c1-2-35-24(34)37-21-10-13-9-17(7-8-19(13)31-21)36-16-5-3-15(4-6-16)30-23-32-20-12-14(25(27,28)29)11-18(26)22(20)33-23/h3-12,31H,2H2,1H3,(H2,30,32,33). The maximum Gasteiger partial charge on any atom is 0.515 e. The monoisotopic (exact) mass is 574 g/mol. The van der Waals surface area contributed by atoms with Crippen molar-refractivity contribution in [2.24, 2.45) is 0 Å². The van der Waals surface area contributed by atoms with E-state index in [1.54, 1.807) is 55.5 Å². The number of aromatic amines is 2. The Hall–Kier alpha value is -4.19. The number of nitrogens with one attached hydrogen (secondary N) is 3. The Balaban J connectivity index is 1.28. The van der Waals surface area contributed by atoms with Gasteiger partial charge < -0.3 is 29.5 Å². The van der Waals surface area contributed by atoms with Crippen molar-refractivity contribution in [2.45, 2.75) is 13.1 Å². The van der Waals surface area contributed by atoms with Gasteiger partial charge in [0.1, 0.15) is 17.0 Å². The largest absolute Gasteiger partial charge is 0.515 e. The summed E-state index contributed by atoms with van der Waals surface area (Å²) in [5.41, 5.74) is 1.27. The highest BCUT2D eigenvalue weighted by Gasteiger charge is 2.31. The van der Waals surface area contributed by atoms with Gasteiger partial charge in [0.15, 0.2) is 0 Å². The maximum atomic E-state index is 13.1. The van der Waals surface area contributed by atoms with Crippen LogP contribution in [0.15, 0.2) is 65.1 Å². The molecule has 8 nitrogen and oxygen atoms in total. The van der Waals surface area contributed by atoms with Crippen molar-refractivity contribution in [1.29, 1.82) is 0 Å². The number of ether oxygens (including phenoxy) is 3. The molecule has 3 N–H and O–H groups in total. The van der Waals surface area contributed by atoms with Gasteiger partial charge in [0.05, 0.1) is 17.7 Å². The molecule has 0 unspecified atom stereocenters. The number of aromatic nitrogens is 3. The van der Waals surface area contributed by atoms with E-state index in [1.165, 1.54) is 0 Å². The predicted octanol–water partition coefficient (Wildman–Crippen LogP) is 7.90. The van der Waals surface area contributed by atoms with Crippen molar-refractivity contribution in [3.63, 3.8) is 0 Å². The van der Waals surface area contributed by atoms with Crippen molar-refractivity contribution >= 4 is 55.7 Å². The van der Waals surface area contributed by atoms with Crippen LogP contribution in [0, 0.1) is 0 Å². The van der Waals surface area contributed by atoms with Crippen LogP contribution < -0.4 is 14.8 Å². The molecular weight excluding hydrogens is 557 g/mol. The topological polar surface area (TPSA) is 101 Å². The zero-order valence-electron chi connectivity index (χ0n) is 19.1. The number of fused-ring (bicyclic) bond motifs is 2. The molecule has 0 atom stereocenters. The quantitative estimate of drug-likeness (QED) is 0.178. The highest BCUT2D eigenvalue weighted by Crippen LogP contribution is 2.35. The van der Waals surface area contributed by atoms with E-state index >= 15 is 0 Å². The minimum atomic E-state index is -4.46. The first-order valence-electron chi connectivity index (χ1n) is 11.0. The minimum absolute atomic E-state index is 0.213. The fourth-order valence-corrected chi connectivity index (χ4v) is 4.17. The van der Waals surface area contributed by atoms with Crippen LogP contribution in [-0.2, 0) is 10.9 Å². The number of H-pyrrole nitrogens is 2. The van der Waals surface area contributed by atoms with Crippen molar-refractivity contribution in [3.8, 4) is 17.4 Å². The number of carbonyl (C=O) groups excluding carboxylic acids is 1. The van der Waals surface area contributed by atoms with Gasteiger partial charge in [-0.05, 0) is 77.5 Å². The Morgan fingerprint density at radius 2 is 1.76 bits per heavy atom. The van der Waals surface area contributed by atoms with Gasteiger partial charge in [0.25, 0.3) is 0 Å². The van der Waals surface area contributed by atoms with Crippen LogP contribution in [0.5, 0.6) is 17.4 Å². The van der Waals surface area contributed by atoms with E-state index in [9.17, 15) is 18.0 Å². The zero-order chi connectivity index (χ0) is 26.2. The third kappa shape index (κ3) is 5.48. The van der Waals surface area contributed by atoms with Gasteiger partial charge in [0, 0.05) is 27.1 Å². The number of hydrogen-bond donors (Lipinski definition) is 3. The third-order valence-electron chi connectivity index (χ3n) is 5.24. The van der Waals surface area contributed by atoms with Gasteiger partial charge in [-0.25, -0.2) is 9.78 Å². The Labute approximate surface area is 215 Å². The molecule has 0 aliphatic carbocycles. The number of imidazole rings is 1. The number of nitrogens with zero attached hydrogens (tertiary/aromatic N) is 1. The Morgan fingerprint density at radius 1 is 1.00 bits per heavy atom. The first-order valence-corrected chi connectivity index (χ1v) is 11.8. The lowest BCUT2D eigenvalue weighted by Gasteiger charge is -2.07. The van der Waals surface area contributed by atoms with Gasteiger partial charge >= 0.3 is 12.3 Å². The maximum absolute atomic E-state index is 13.1. The molecule has 190 valence electrons. The Bertz CT molecular complexity index is 1600. The lowest BCUT2D eigenvalue weighted by molar-refractivity contribution is -0.137. The van der Waals surface area contributed by atoms with Gasteiger partial charge in [0.2, 0.25) is 11.8 Å². The molecule has 2 heterocycles. The fourth-order valence-electron chi connectivity index (χ4n) is 3.62. The summed E-state index contributed by atoms with van der Waals surface area (Å²) in [7, 11) is 0. The third-order valence-corrected chi connectivity index (χ3v) is 5.85. The molecule has 3 aromatic carbocycles. The molecule has 12 heteroatoms. The molecule has 37 heavy (non-hydrogen) atoms. The van der Waals surface area contributed by atoms with Crippen LogP contribution in [0.3, 0.4) is 0 Å². The number of carbonyl (C=O) groups is 1. The number of hydrogen-bond acceptors (Lipinski definition) is 6. The van der Waals surface area contributed by atoms with Crippen LogP contribution >= 0.6 is 15.9 Å². The summed E-state index contributed by atoms with van der Waals surface area (Å²) in [4.78, 5) is 21.7. The molecular formula is C25H18BrF3N4O4. The SMILES string of the molecule is CCOC(=O)Oc1cc2cc(Oc3ccc(Nc4nc5c(Br)cc(C(F)(F)F)cc5[nH]4)cc3)ccc2[nH]1. The van der Waals surface area contributed by atoms with Crippen molar-refractivity contribution < 1.29 is 32.2 Å². The zero-order valence-corrected chi connectivity index (χ0v) is 20.7. The van der Waals surface area contributed by atoms with E-state index < -0.39 is 17.9 Å². The second kappa shape index (κ2) is 9.69. The Morgan fingerprint density at radius 3 is 2.49 bits per heavy atom. The van der Waals surface area contributed by atoms with Gasteiger partial charge in [-0.2, -0.15) is 13.2 Å². The molecule has 0 saturated carbocycles. The van der Waals surface area contributed by atoms with Crippen LogP contribution in [0.2, 0.25) is 0 Å². The predicted molar refractivity (Wildman–Crippen MR) is 135 cm³/mol. The highest BCUT2D eigenvalue weighted by atomic mass is 79.9. The number of alkyl halides is 3. The summed E-state index contributed by atoms with van der Waals surface area (Å²) in [5.74, 6) is 1.68. The number of halogens is 4. The molecule has 0 amide bonds. The molecule has 0 spiro atoms. The van der Waals surface area contributed by atoms with E-state index in [0.29, 0.717) is 28.7 Å². The van der Waals surface area contributed by atoms with Crippen LogP contribution in [0.4, 0.5) is 29.6 Å². The normalized spacial score (nSPS) is 11.6. The highest BCUT2D eigenvalue weighted by molar-refractivity contribution is 9.10. The molecule has 0 aliphatic rings. The van der Waals surface area contributed by atoms with Gasteiger partial charge in [-0.3, -0.25) is 0 Å². The van der Waals surface area contributed by atoms with Crippen LogP contribution in [0.1, 0.15) is 12.5 Å². The van der Waals surface area contributed by atoms with Gasteiger partial charge in [-0.15, -0.1) is 0 Å². The second-order valence-corrected chi connectivity index (χ2v) is 8.71. The van der Waals surface area contributed by atoms with Crippen LogP contribution in [-0.4, -0.2) is 27.7 Å². The molecule has 0 radical (unpaired) electrons. The fraction of sp³-hybridized carbons (Fsp3) is 0.120. The van der Waals surface area contributed by atoms with E-state index in [0.717, 1.165) is 23.0 Å². The van der Waals surface area contributed by atoms with Gasteiger partial charge in [-0.1, -0.05) is 0 Å². The summed E-state index contributed by atoms with van der Waals surface area (Å²) in [6.45, 7) is 1.90. The summed E-state index contributed by atoms with van der Waals surface area (Å²) in [6, 6.07) is 16.0. The lowest BCUT2D eigenvalue weighted by atomic mass is 10.2.